The van der Waals surface area contributed by atoms with E-state index in [1.54, 1.807) is 17.0 Å². The number of rotatable bonds is 2. The van der Waals surface area contributed by atoms with E-state index in [1.807, 2.05) is 0 Å². The molecule has 0 radical (unpaired) electrons. The molecule has 19 heavy (non-hydrogen) atoms. The maximum atomic E-state index is 13.9. The van der Waals surface area contributed by atoms with Crippen LogP contribution in [0, 0.1) is 17.7 Å². The van der Waals surface area contributed by atoms with Gasteiger partial charge in [0.2, 0.25) is 5.91 Å². The maximum Gasteiger partial charge on any atom is 0.248 e. The van der Waals surface area contributed by atoms with Crippen LogP contribution in [-0.2, 0) is 16.1 Å². The predicted molar refractivity (Wildman–Crippen MR) is 66.6 cm³/mol. The lowest BCUT2D eigenvalue weighted by Gasteiger charge is -2.26. The Morgan fingerprint density at radius 3 is 3.00 bits per heavy atom. The second kappa shape index (κ2) is 6.32. The van der Waals surface area contributed by atoms with E-state index in [0.717, 1.165) is 0 Å². The second-order valence-corrected chi connectivity index (χ2v) is 4.13. The van der Waals surface area contributed by atoms with Crippen molar-refractivity contribution in [1.29, 1.82) is 0 Å². The molecule has 1 aromatic rings. The fourth-order valence-corrected chi connectivity index (χ4v) is 1.82. The summed E-state index contributed by atoms with van der Waals surface area (Å²) in [5.41, 5.74) is 0.952. The van der Waals surface area contributed by atoms with Gasteiger partial charge in [-0.2, -0.15) is 0 Å². The number of halogens is 1. The van der Waals surface area contributed by atoms with Gasteiger partial charge in [-0.3, -0.25) is 4.79 Å². The van der Waals surface area contributed by atoms with Crippen LogP contribution >= 0.6 is 0 Å². The number of carbonyl (C=O) groups excluding carboxylic acids is 1. The van der Waals surface area contributed by atoms with Crippen molar-refractivity contribution in [3.63, 3.8) is 0 Å². The fourth-order valence-electron chi connectivity index (χ4n) is 1.82. The molecule has 100 valence electrons. The van der Waals surface area contributed by atoms with Crippen molar-refractivity contribution in [3.05, 3.63) is 35.1 Å². The minimum absolute atomic E-state index is 0.0572. The van der Waals surface area contributed by atoms with Crippen molar-refractivity contribution >= 4 is 5.91 Å². The highest BCUT2D eigenvalue weighted by Gasteiger charge is 2.19. The predicted octanol–water partition coefficient (Wildman–Crippen LogP) is 0.528. The van der Waals surface area contributed by atoms with E-state index >= 15 is 0 Å². The Morgan fingerprint density at radius 2 is 2.32 bits per heavy atom. The zero-order valence-corrected chi connectivity index (χ0v) is 10.4. The number of morpholine rings is 1. The molecule has 0 bridgehead atoms. The number of ether oxygens (including phenoxy) is 1. The summed E-state index contributed by atoms with van der Waals surface area (Å²) in [6.45, 7) is 0.993. The van der Waals surface area contributed by atoms with E-state index in [9.17, 15) is 9.18 Å². The fraction of sp³-hybridized carbons (Fsp3) is 0.357. The lowest BCUT2D eigenvalue weighted by atomic mass is 10.1. The molecule has 0 atom stereocenters. The largest absolute Gasteiger partial charge is 0.384 e. The third-order valence-corrected chi connectivity index (χ3v) is 2.81. The van der Waals surface area contributed by atoms with Crippen LogP contribution in [0.3, 0.4) is 0 Å². The highest BCUT2D eigenvalue weighted by molar-refractivity contribution is 5.78. The lowest BCUT2D eigenvalue weighted by molar-refractivity contribution is -0.143. The summed E-state index contributed by atoms with van der Waals surface area (Å²) in [5, 5.41) is 8.57. The van der Waals surface area contributed by atoms with Crippen molar-refractivity contribution in [2.75, 3.05) is 26.4 Å². The number of nitrogens with zero attached hydrogens (tertiary/aromatic N) is 1. The number of benzene rings is 1. The Kier molecular flexibility index (Phi) is 4.50. The van der Waals surface area contributed by atoms with Crippen LogP contribution in [0.5, 0.6) is 0 Å². The Labute approximate surface area is 110 Å². The van der Waals surface area contributed by atoms with Gasteiger partial charge in [0.1, 0.15) is 19.0 Å². The molecule has 1 fully saturated rings. The zero-order valence-electron chi connectivity index (χ0n) is 10.4. The summed E-state index contributed by atoms with van der Waals surface area (Å²) in [6.07, 6.45) is 0. The third kappa shape index (κ3) is 3.53. The van der Waals surface area contributed by atoms with Gasteiger partial charge in [0.05, 0.1) is 6.61 Å². The normalized spacial score (nSPS) is 15.1. The molecule has 1 saturated heterocycles. The van der Waals surface area contributed by atoms with Crippen LogP contribution in [-0.4, -0.2) is 42.3 Å². The molecule has 1 aliphatic heterocycles. The Morgan fingerprint density at radius 1 is 1.47 bits per heavy atom. The number of aliphatic hydroxyl groups is 1. The maximum absolute atomic E-state index is 13.9. The van der Waals surface area contributed by atoms with E-state index in [2.05, 4.69) is 11.8 Å². The number of hydrogen-bond acceptors (Lipinski definition) is 3. The summed E-state index contributed by atoms with van der Waals surface area (Å²) < 4.78 is 18.9. The molecule has 0 spiro atoms. The molecule has 1 aromatic carbocycles. The molecular formula is C14H14FNO3. The average molecular weight is 263 g/mol. The first-order valence-corrected chi connectivity index (χ1v) is 5.94. The summed E-state index contributed by atoms with van der Waals surface area (Å²) in [7, 11) is 0. The molecule has 1 N–H and O–H groups in total. The number of carbonyl (C=O) groups is 1. The highest BCUT2D eigenvalue weighted by Crippen LogP contribution is 2.14. The van der Waals surface area contributed by atoms with Crippen LogP contribution in [0.15, 0.2) is 18.2 Å². The monoisotopic (exact) mass is 263 g/mol. The second-order valence-electron chi connectivity index (χ2n) is 4.13. The lowest BCUT2D eigenvalue weighted by Crippen LogP contribution is -2.41. The molecule has 1 heterocycles. The van der Waals surface area contributed by atoms with E-state index in [-0.39, 0.29) is 25.7 Å². The first kappa shape index (κ1) is 13.5. The molecule has 1 aliphatic rings. The van der Waals surface area contributed by atoms with E-state index in [4.69, 9.17) is 9.84 Å². The van der Waals surface area contributed by atoms with Crippen molar-refractivity contribution in [3.8, 4) is 11.8 Å². The van der Waals surface area contributed by atoms with Gasteiger partial charge in [0.15, 0.2) is 0 Å². The highest BCUT2D eigenvalue weighted by atomic mass is 19.1. The van der Waals surface area contributed by atoms with Gasteiger partial charge < -0.3 is 14.7 Å². The molecule has 1 amide bonds. The summed E-state index contributed by atoms with van der Waals surface area (Å²) in [6, 6.07) is 4.59. The van der Waals surface area contributed by atoms with Gasteiger partial charge in [0.25, 0.3) is 0 Å². The minimum atomic E-state index is -0.399. The van der Waals surface area contributed by atoms with E-state index in [0.29, 0.717) is 24.3 Å². The molecule has 4 nitrogen and oxygen atoms in total. The van der Waals surface area contributed by atoms with Crippen molar-refractivity contribution in [2.45, 2.75) is 6.54 Å². The Hall–Kier alpha value is -1.90. The van der Waals surface area contributed by atoms with Crippen molar-refractivity contribution in [1.82, 2.24) is 4.90 Å². The molecule has 0 unspecified atom stereocenters. The smallest absolute Gasteiger partial charge is 0.248 e. The summed E-state index contributed by atoms with van der Waals surface area (Å²) >= 11 is 0. The summed E-state index contributed by atoms with van der Waals surface area (Å²) in [4.78, 5) is 13.1. The molecule has 5 heteroatoms. The van der Waals surface area contributed by atoms with Crippen molar-refractivity contribution < 1.29 is 19.0 Å². The van der Waals surface area contributed by atoms with Crippen LogP contribution in [0.2, 0.25) is 0 Å². The van der Waals surface area contributed by atoms with Crippen LogP contribution < -0.4 is 0 Å². The van der Waals surface area contributed by atoms with Gasteiger partial charge in [-0.05, 0) is 12.1 Å². The van der Waals surface area contributed by atoms with E-state index in [1.165, 1.54) is 6.07 Å². The first-order chi connectivity index (χ1) is 9.20. The SMILES string of the molecule is O=C1COCCN1Cc1ccc(C#CCO)cc1F. The molecular weight excluding hydrogens is 249 g/mol. The Bertz CT molecular complexity index is 533. The molecule has 0 saturated carbocycles. The average Bonchev–Trinajstić information content (AvgIpc) is 2.41. The molecule has 0 aliphatic carbocycles. The summed E-state index contributed by atoms with van der Waals surface area (Å²) in [5.74, 6) is 4.56. The topological polar surface area (TPSA) is 49.8 Å². The Balaban J connectivity index is 2.10. The number of amides is 1. The van der Waals surface area contributed by atoms with E-state index < -0.39 is 5.82 Å². The minimum Gasteiger partial charge on any atom is -0.384 e. The molecule has 0 aromatic heterocycles. The number of aliphatic hydroxyl groups excluding tert-OH is 1. The van der Waals surface area contributed by atoms with Gasteiger partial charge in [-0.1, -0.05) is 17.9 Å². The van der Waals surface area contributed by atoms with Gasteiger partial charge >= 0.3 is 0 Å². The van der Waals surface area contributed by atoms with Gasteiger partial charge in [-0.25, -0.2) is 4.39 Å². The number of hydrogen-bond donors (Lipinski definition) is 1. The van der Waals surface area contributed by atoms with Gasteiger partial charge in [-0.15, -0.1) is 0 Å². The molecule has 2 rings (SSSR count). The third-order valence-electron chi connectivity index (χ3n) is 2.81. The van der Waals surface area contributed by atoms with Crippen LogP contribution in [0.4, 0.5) is 4.39 Å². The standard InChI is InChI=1S/C14H14FNO3/c15-13-8-11(2-1-6-17)3-4-12(13)9-16-5-7-19-10-14(16)18/h3-4,8,17H,5-7,9-10H2. The van der Waals surface area contributed by atoms with Gasteiger partial charge in [0, 0.05) is 24.2 Å². The zero-order chi connectivity index (χ0) is 13.7. The van der Waals surface area contributed by atoms with Crippen molar-refractivity contribution in [2.24, 2.45) is 0 Å². The quantitative estimate of drug-likeness (QED) is 0.792. The first-order valence-electron chi connectivity index (χ1n) is 5.94. The van der Waals surface area contributed by atoms with Crippen LogP contribution in [0.1, 0.15) is 11.1 Å². The van der Waals surface area contributed by atoms with Crippen LogP contribution in [0.25, 0.3) is 0 Å².